The molecule has 2 aliphatic carbocycles. The van der Waals surface area contributed by atoms with Crippen molar-refractivity contribution in [3.05, 3.63) is 35.4 Å². The third-order valence-electron chi connectivity index (χ3n) is 5.02. The molecule has 1 aromatic carbocycles. The predicted molar refractivity (Wildman–Crippen MR) is 82.4 cm³/mol. The molecule has 0 saturated heterocycles. The van der Waals surface area contributed by atoms with E-state index >= 15 is 0 Å². The molecule has 24 heavy (non-hydrogen) atoms. The molecule has 1 aromatic rings. The number of benzene rings is 1. The van der Waals surface area contributed by atoms with E-state index in [1.54, 1.807) is 0 Å². The van der Waals surface area contributed by atoms with E-state index in [1.165, 1.54) is 0 Å². The Kier molecular flexibility index (Phi) is 4.71. The second-order valence-electron chi connectivity index (χ2n) is 6.66. The zero-order chi connectivity index (χ0) is 17.3. The van der Waals surface area contributed by atoms with Gasteiger partial charge in [-0.05, 0) is 36.8 Å². The van der Waals surface area contributed by atoms with Crippen LogP contribution in [0.5, 0.6) is 0 Å². The van der Waals surface area contributed by atoms with E-state index < -0.39 is 30.3 Å². The molecule has 0 radical (unpaired) electrons. The summed E-state index contributed by atoms with van der Waals surface area (Å²) in [6, 6.07) is 6.34. The minimum Gasteiger partial charge on any atom is -0.390 e. The SMILES string of the molecule is O=C(NC1CCC(C(F)(F)F)CC1)NC1c2ccccc2CC1O. The number of hydrogen-bond acceptors (Lipinski definition) is 2. The van der Waals surface area contributed by atoms with Crippen molar-refractivity contribution in [2.24, 2.45) is 5.92 Å². The van der Waals surface area contributed by atoms with Crippen LogP contribution >= 0.6 is 0 Å². The second kappa shape index (κ2) is 6.63. The van der Waals surface area contributed by atoms with E-state index in [9.17, 15) is 23.1 Å². The topological polar surface area (TPSA) is 61.4 Å². The molecular weight excluding hydrogens is 321 g/mol. The van der Waals surface area contributed by atoms with Crippen LogP contribution in [0.15, 0.2) is 24.3 Å². The molecule has 132 valence electrons. The summed E-state index contributed by atoms with van der Waals surface area (Å²) in [6.07, 6.45) is -3.62. The van der Waals surface area contributed by atoms with Crippen LogP contribution in [-0.2, 0) is 6.42 Å². The quantitative estimate of drug-likeness (QED) is 0.774. The monoisotopic (exact) mass is 342 g/mol. The second-order valence-corrected chi connectivity index (χ2v) is 6.66. The van der Waals surface area contributed by atoms with Gasteiger partial charge in [0, 0.05) is 12.5 Å². The van der Waals surface area contributed by atoms with E-state index in [0.717, 1.165) is 11.1 Å². The lowest BCUT2D eigenvalue weighted by atomic mass is 9.85. The number of aliphatic hydroxyl groups is 1. The molecule has 0 heterocycles. The maximum Gasteiger partial charge on any atom is 0.391 e. The summed E-state index contributed by atoms with van der Waals surface area (Å²) in [5.74, 6) is -1.26. The molecule has 1 saturated carbocycles. The first kappa shape index (κ1) is 17.1. The van der Waals surface area contributed by atoms with Crippen LogP contribution in [0.4, 0.5) is 18.0 Å². The van der Waals surface area contributed by atoms with Gasteiger partial charge in [-0.15, -0.1) is 0 Å². The molecule has 3 rings (SSSR count). The Morgan fingerprint density at radius 3 is 2.42 bits per heavy atom. The van der Waals surface area contributed by atoms with Crippen LogP contribution in [0.3, 0.4) is 0 Å². The van der Waals surface area contributed by atoms with E-state index in [-0.39, 0.29) is 18.9 Å². The van der Waals surface area contributed by atoms with Crippen LogP contribution < -0.4 is 10.6 Å². The summed E-state index contributed by atoms with van der Waals surface area (Å²) in [6.45, 7) is 0. The highest BCUT2D eigenvalue weighted by Gasteiger charge is 2.41. The van der Waals surface area contributed by atoms with Gasteiger partial charge in [0.2, 0.25) is 0 Å². The van der Waals surface area contributed by atoms with Gasteiger partial charge in [-0.25, -0.2) is 4.79 Å². The van der Waals surface area contributed by atoms with E-state index in [2.05, 4.69) is 10.6 Å². The normalized spacial score (nSPS) is 29.8. The summed E-state index contributed by atoms with van der Waals surface area (Å²) in [7, 11) is 0. The highest BCUT2D eigenvalue weighted by molar-refractivity contribution is 5.75. The average molecular weight is 342 g/mol. The fourth-order valence-corrected chi connectivity index (χ4v) is 3.68. The van der Waals surface area contributed by atoms with Crippen LogP contribution in [-0.4, -0.2) is 29.5 Å². The van der Waals surface area contributed by atoms with Gasteiger partial charge >= 0.3 is 12.2 Å². The van der Waals surface area contributed by atoms with Gasteiger partial charge in [-0.3, -0.25) is 0 Å². The number of halogens is 3. The van der Waals surface area contributed by atoms with Crippen LogP contribution in [0.25, 0.3) is 0 Å². The molecule has 1 fully saturated rings. The highest BCUT2D eigenvalue weighted by atomic mass is 19.4. The number of carbonyl (C=O) groups excluding carboxylic acids is 1. The Bertz CT molecular complexity index is 598. The van der Waals surface area contributed by atoms with Crippen LogP contribution in [0, 0.1) is 5.92 Å². The largest absolute Gasteiger partial charge is 0.391 e. The van der Waals surface area contributed by atoms with E-state index in [0.29, 0.717) is 19.3 Å². The minimum atomic E-state index is -4.15. The maximum absolute atomic E-state index is 12.7. The molecule has 0 aromatic heterocycles. The van der Waals surface area contributed by atoms with E-state index in [1.807, 2.05) is 24.3 Å². The Balaban J connectivity index is 1.52. The minimum absolute atomic E-state index is 0.0450. The van der Waals surface area contributed by atoms with Gasteiger partial charge in [0.1, 0.15) is 0 Å². The number of hydrogen-bond donors (Lipinski definition) is 3. The first-order valence-corrected chi connectivity index (χ1v) is 8.24. The van der Waals surface area contributed by atoms with Gasteiger partial charge in [0.05, 0.1) is 18.1 Å². The van der Waals surface area contributed by atoms with Crippen molar-refractivity contribution in [1.82, 2.24) is 10.6 Å². The lowest BCUT2D eigenvalue weighted by Crippen LogP contribution is -2.47. The molecule has 4 nitrogen and oxygen atoms in total. The molecule has 7 heteroatoms. The molecule has 2 aliphatic rings. The van der Waals surface area contributed by atoms with Gasteiger partial charge in [0.25, 0.3) is 0 Å². The van der Waals surface area contributed by atoms with Crippen LogP contribution in [0.2, 0.25) is 0 Å². The Labute approximate surface area is 138 Å². The van der Waals surface area contributed by atoms with Gasteiger partial charge in [-0.2, -0.15) is 13.2 Å². The number of urea groups is 1. The zero-order valence-corrected chi connectivity index (χ0v) is 13.1. The first-order chi connectivity index (χ1) is 11.3. The van der Waals surface area contributed by atoms with Gasteiger partial charge in [-0.1, -0.05) is 24.3 Å². The number of aliphatic hydroxyl groups excluding tert-OH is 1. The number of carbonyl (C=O) groups is 1. The summed E-state index contributed by atoms with van der Waals surface area (Å²) in [4.78, 5) is 12.1. The molecule has 3 N–H and O–H groups in total. The summed E-state index contributed by atoms with van der Waals surface area (Å²) in [5.41, 5.74) is 1.89. The lowest BCUT2D eigenvalue weighted by Gasteiger charge is -2.30. The number of fused-ring (bicyclic) bond motifs is 1. The molecule has 0 spiro atoms. The summed E-state index contributed by atoms with van der Waals surface area (Å²) in [5, 5.41) is 15.6. The average Bonchev–Trinajstić information content (AvgIpc) is 2.83. The van der Waals surface area contributed by atoms with Crippen LogP contribution in [0.1, 0.15) is 42.9 Å². The molecule has 0 aliphatic heterocycles. The van der Waals surface area contributed by atoms with Gasteiger partial charge in [0.15, 0.2) is 0 Å². The standard InChI is InChI=1S/C17H21F3N2O2/c18-17(19,20)11-5-7-12(8-6-11)21-16(24)22-15-13-4-2-1-3-10(13)9-14(15)23/h1-4,11-12,14-15,23H,5-9H2,(H2,21,22,24). The molecule has 2 atom stereocenters. The summed E-state index contributed by atoms with van der Waals surface area (Å²) >= 11 is 0. The van der Waals surface area contributed by atoms with Crippen molar-refractivity contribution in [2.75, 3.05) is 0 Å². The van der Waals surface area contributed by atoms with E-state index in [4.69, 9.17) is 0 Å². The third-order valence-corrected chi connectivity index (χ3v) is 5.02. The molecule has 2 unspecified atom stereocenters. The number of nitrogens with one attached hydrogen (secondary N) is 2. The maximum atomic E-state index is 12.7. The zero-order valence-electron chi connectivity index (χ0n) is 13.1. The number of rotatable bonds is 2. The van der Waals surface area contributed by atoms with Crippen molar-refractivity contribution in [3.63, 3.8) is 0 Å². The smallest absolute Gasteiger partial charge is 0.390 e. The fourth-order valence-electron chi connectivity index (χ4n) is 3.68. The lowest BCUT2D eigenvalue weighted by molar-refractivity contribution is -0.182. The Morgan fingerprint density at radius 1 is 1.08 bits per heavy atom. The van der Waals surface area contributed by atoms with Crippen molar-refractivity contribution in [3.8, 4) is 0 Å². The molecule has 2 amide bonds. The predicted octanol–water partition coefficient (Wildman–Crippen LogP) is 3.07. The molecular formula is C17H21F3N2O2. The Hall–Kier alpha value is -1.76. The van der Waals surface area contributed by atoms with Crippen molar-refractivity contribution < 1.29 is 23.1 Å². The first-order valence-electron chi connectivity index (χ1n) is 8.24. The van der Waals surface area contributed by atoms with Gasteiger partial charge < -0.3 is 15.7 Å². The Morgan fingerprint density at radius 2 is 1.75 bits per heavy atom. The third kappa shape index (κ3) is 3.66. The fraction of sp³-hybridized carbons (Fsp3) is 0.588. The van der Waals surface area contributed by atoms with Crippen molar-refractivity contribution in [2.45, 2.75) is 56.5 Å². The highest BCUT2D eigenvalue weighted by Crippen LogP contribution is 2.37. The molecule has 0 bridgehead atoms. The summed E-state index contributed by atoms with van der Waals surface area (Å²) < 4.78 is 38.0. The number of alkyl halides is 3. The number of amides is 2. The van der Waals surface area contributed by atoms with Crippen molar-refractivity contribution >= 4 is 6.03 Å². The van der Waals surface area contributed by atoms with Crippen molar-refractivity contribution in [1.29, 1.82) is 0 Å².